The number of aliphatic imine (C=N–C) groups is 1. The van der Waals surface area contributed by atoms with Crippen LogP contribution in [0.3, 0.4) is 0 Å². The maximum absolute atomic E-state index is 13.7. The molecule has 1 aromatic heterocycles. The predicted molar refractivity (Wildman–Crippen MR) is 213 cm³/mol. The minimum atomic E-state index is -0.630. The Labute approximate surface area is 322 Å². The van der Waals surface area contributed by atoms with Gasteiger partial charge < -0.3 is 24.7 Å². The van der Waals surface area contributed by atoms with Gasteiger partial charge in [-0.2, -0.15) is 0 Å². The number of aromatic nitrogens is 2. The molecular formula is C45H49N5O5. The highest BCUT2D eigenvalue weighted by Gasteiger charge is 2.53. The van der Waals surface area contributed by atoms with Gasteiger partial charge in [-0.25, -0.2) is 4.98 Å². The third kappa shape index (κ3) is 7.40. The van der Waals surface area contributed by atoms with Crippen LogP contribution in [0.1, 0.15) is 69.3 Å². The van der Waals surface area contributed by atoms with Gasteiger partial charge in [0.25, 0.3) is 0 Å². The Hall–Kier alpha value is -5.35. The van der Waals surface area contributed by atoms with E-state index in [0.29, 0.717) is 18.4 Å². The van der Waals surface area contributed by atoms with E-state index in [2.05, 4.69) is 58.8 Å². The van der Waals surface area contributed by atoms with Gasteiger partial charge in [-0.3, -0.25) is 19.4 Å². The standard InChI is InChI=1S/C45H49N5O5/c1-27(54-2)36(24-40(51)55-3)45(53)50-21-7-10-39(50)43-47-26-38(49-43)31-17-15-29(16-18-31)28-11-13-30(14-12-28)34-23-37(46-25-34)41-32-19-20-33(22-32)42(41)44(52)48-35-8-5-4-6-9-35/h4-6,8-9,11-18,25-27,32-33,36,39,41-42H,7,10,19-24H2,1-3H3,(H,47,49)(H,48,52)/t27-,32?,33?,36+,39+,41?,42+/m1/s1. The number of hydrogen-bond acceptors (Lipinski definition) is 7. The number of hydrogen-bond donors (Lipinski definition) is 2. The maximum atomic E-state index is 13.7. The zero-order valence-corrected chi connectivity index (χ0v) is 31.7. The first-order valence-electron chi connectivity index (χ1n) is 19.6. The number of allylic oxidation sites excluding steroid dienone is 1. The van der Waals surface area contributed by atoms with Gasteiger partial charge in [0, 0.05) is 49.5 Å². The molecule has 0 radical (unpaired) electrons. The van der Waals surface area contributed by atoms with Gasteiger partial charge in [-0.05, 0) is 90.8 Å². The van der Waals surface area contributed by atoms with E-state index in [4.69, 9.17) is 19.5 Å². The second-order valence-electron chi connectivity index (χ2n) is 15.5. The first-order valence-corrected chi connectivity index (χ1v) is 19.6. The SMILES string of the molecule is COC(=O)C[C@H](C(=O)N1CCC[C@H]1c1ncc(-c2ccc(-c3ccc(C4=CN=C(C5C6CCC(C6)[C@@H]5C(=O)Nc5ccccc5)C4)cc3)cc2)[nH]1)[C@@H](C)OC. The predicted octanol–water partition coefficient (Wildman–Crippen LogP) is 8.11. The molecule has 55 heavy (non-hydrogen) atoms. The number of fused-ring (bicyclic) bond motifs is 2. The average molecular weight is 740 g/mol. The number of nitrogens with zero attached hydrogens (tertiary/aromatic N) is 3. The second kappa shape index (κ2) is 15.8. The highest BCUT2D eigenvalue weighted by molar-refractivity contribution is 6.04. The van der Waals surface area contributed by atoms with E-state index in [9.17, 15) is 14.4 Å². The van der Waals surface area contributed by atoms with Crippen molar-refractivity contribution in [3.05, 3.63) is 103 Å². The Kier molecular flexibility index (Phi) is 10.5. The maximum Gasteiger partial charge on any atom is 0.306 e. The van der Waals surface area contributed by atoms with Crippen LogP contribution in [0, 0.1) is 29.6 Å². The third-order valence-corrected chi connectivity index (χ3v) is 12.5. The molecule has 4 aliphatic rings. The van der Waals surface area contributed by atoms with Gasteiger partial charge in [0.1, 0.15) is 5.82 Å². The summed E-state index contributed by atoms with van der Waals surface area (Å²) < 4.78 is 10.3. The minimum Gasteiger partial charge on any atom is -0.469 e. The van der Waals surface area contributed by atoms with Crippen LogP contribution in [0.2, 0.25) is 0 Å². The monoisotopic (exact) mass is 739 g/mol. The number of para-hydroxylation sites is 1. The van der Waals surface area contributed by atoms with E-state index in [0.717, 1.165) is 77.3 Å². The largest absolute Gasteiger partial charge is 0.469 e. The van der Waals surface area contributed by atoms with Crippen molar-refractivity contribution in [2.75, 3.05) is 26.1 Å². The summed E-state index contributed by atoms with van der Waals surface area (Å²) >= 11 is 0. The third-order valence-electron chi connectivity index (χ3n) is 12.5. The van der Waals surface area contributed by atoms with Crippen LogP contribution < -0.4 is 5.32 Å². The molecular weight excluding hydrogens is 691 g/mol. The van der Waals surface area contributed by atoms with E-state index in [1.54, 1.807) is 7.11 Å². The average Bonchev–Trinajstić information content (AvgIpc) is 4.08. The highest BCUT2D eigenvalue weighted by Crippen LogP contribution is 2.54. The molecule has 3 fully saturated rings. The lowest BCUT2D eigenvalue weighted by Crippen LogP contribution is -2.41. The number of imidazole rings is 1. The van der Waals surface area contributed by atoms with Crippen LogP contribution in [-0.2, 0) is 23.9 Å². The molecule has 2 bridgehead atoms. The van der Waals surface area contributed by atoms with Crippen molar-refractivity contribution < 1.29 is 23.9 Å². The van der Waals surface area contributed by atoms with E-state index in [1.807, 2.05) is 54.6 Å². The van der Waals surface area contributed by atoms with E-state index >= 15 is 0 Å². The quantitative estimate of drug-likeness (QED) is 0.142. The number of esters is 1. The van der Waals surface area contributed by atoms with Crippen LogP contribution in [0.15, 0.2) is 96.3 Å². The minimum absolute atomic E-state index is 0.0205. The molecule has 4 aromatic rings. The molecule has 10 heteroatoms. The topological polar surface area (TPSA) is 126 Å². The summed E-state index contributed by atoms with van der Waals surface area (Å²) in [5.74, 6) is 0.841. The molecule has 2 amide bonds. The number of methoxy groups -OCH3 is 2. The molecule has 3 unspecified atom stereocenters. The zero-order valence-electron chi connectivity index (χ0n) is 31.7. The Morgan fingerprint density at radius 2 is 1.58 bits per heavy atom. The number of H-pyrrole nitrogens is 1. The van der Waals surface area contributed by atoms with E-state index in [-0.39, 0.29) is 36.1 Å². The number of ether oxygens (including phenoxy) is 2. The van der Waals surface area contributed by atoms with Gasteiger partial charge in [-0.15, -0.1) is 0 Å². The van der Waals surface area contributed by atoms with Crippen molar-refractivity contribution in [2.24, 2.45) is 34.6 Å². The Balaban J connectivity index is 0.900. The molecule has 2 aliphatic heterocycles. The van der Waals surface area contributed by atoms with Crippen LogP contribution >= 0.6 is 0 Å². The summed E-state index contributed by atoms with van der Waals surface area (Å²) in [5.41, 5.74) is 8.49. The van der Waals surface area contributed by atoms with Crippen LogP contribution in [-0.4, -0.2) is 65.2 Å². The van der Waals surface area contributed by atoms with Crippen LogP contribution in [0.5, 0.6) is 0 Å². The zero-order chi connectivity index (χ0) is 38.1. The summed E-state index contributed by atoms with van der Waals surface area (Å²) in [7, 11) is 2.88. The Bertz CT molecular complexity index is 2090. The van der Waals surface area contributed by atoms with Gasteiger partial charge in [-0.1, -0.05) is 66.7 Å². The number of nitrogens with one attached hydrogen (secondary N) is 2. The highest BCUT2D eigenvalue weighted by atomic mass is 16.5. The molecule has 10 nitrogen and oxygen atoms in total. The molecule has 7 atom stereocenters. The number of likely N-dealkylation sites (tertiary alicyclic amines) is 1. The van der Waals surface area contributed by atoms with Crippen molar-refractivity contribution in [3.8, 4) is 22.4 Å². The fourth-order valence-corrected chi connectivity index (χ4v) is 9.50. The summed E-state index contributed by atoms with van der Waals surface area (Å²) in [6.07, 6.45) is 9.24. The van der Waals surface area contributed by atoms with Crippen molar-refractivity contribution in [1.82, 2.24) is 14.9 Å². The number of carbonyl (C=O) groups is 3. The molecule has 2 saturated carbocycles. The first kappa shape index (κ1) is 36.6. The second-order valence-corrected chi connectivity index (χ2v) is 15.5. The summed E-state index contributed by atoms with van der Waals surface area (Å²) in [4.78, 5) is 54.3. The summed E-state index contributed by atoms with van der Waals surface area (Å²) in [5, 5.41) is 3.19. The van der Waals surface area contributed by atoms with Gasteiger partial charge in [0.2, 0.25) is 11.8 Å². The smallest absolute Gasteiger partial charge is 0.306 e. The van der Waals surface area contributed by atoms with Crippen molar-refractivity contribution in [1.29, 1.82) is 0 Å². The Morgan fingerprint density at radius 3 is 2.29 bits per heavy atom. The summed E-state index contributed by atoms with van der Waals surface area (Å²) in [6.45, 7) is 2.41. The molecule has 3 aromatic carbocycles. The lowest BCUT2D eigenvalue weighted by atomic mass is 9.75. The van der Waals surface area contributed by atoms with Crippen molar-refractivity contribution >= 4 is 34.8 Å². The van der Waals surface area contributed by atoms with Gasteiger partial charge in [0.05, 0.1) is 43.5 Å². The van der Waals surface area contributed by atoms with Crippen LogP contribution in [0.25, 0.3) is 28.0 Å². The molecule has 2 aliphatic carbocycles. The lowest BCUT2D eigenvalue weighted by Gasteiger charge is -2.30. The molecule has 1 saturated heterocycles. The fraction of sp³-hybridized carbons (Fsp3) is 0.400. The number of carbonyl (C=O) groups excluding carboxylic acids is 3. The summed E-state index contributed by atoms with van der Waals surface area (Å²) in [6, 6.07) is 26.7. The molecule has 2 N–H and O–H groups in total. The van der Waals surface area contributed by atoms with E-state index in [1.165, 1.54) is 19.1 Å². The van der Waals surface area contributed by atoms with Crippen molar-refractivity contribution in [3.63, 3.8) is 0 Å². The number of anilines is 1. The van der Waals surface area contributed by atoms with Gasteiger partial charge >= 0.3 is 5.97 Å². The van der Waals surface area contributed by atoms with E-state index < -0.39 is 18.0 Å². The number of aromatic amines is 1. The lowest BCUT2D eigenvalue weighted by molar-refractivity contribution is -0.151. The molecule has 0 spiro atoms. The van der Waals surface area contributed by atoms with Gasteiger partial charge in [0.15, 0.2) is 0 Å². The normalized spacial score (nSPS) is 24.0. The molecule has 284 valence electrons. The number of amides is 2. The fourth-order valence-electron chi connectivity index (χ4n) is 9.50. The van der Waals surface area contributed by atoms with Crippen LogP contribution in [0.4, 0.5) is 5.69 Å². The first-order chi connectivity index (χ1) is 26.8. The number of benzene rings is 3. The molecule has 3 heterocycles. The number of rotatable bonds is 12. The molecule has 8 rings (SSSR count). The van der Waals surface area contributed by atoms with Crippen molar-refractivity contribution in [2.45, 2.75) is 64.0 Å². The Morgan fingerprint density at radius 1 is 0.891 bits per heavy atom.